The molecule has 1 heterocycles. The first-order valence-electron chi connectivity index (χ1n) is 5.20. The number of rotatable bonds is 7. The van der Waals surface area contributed by atoms with Crippen molar-refractivity contribution in [1.29, 1.82) is 0 Å². The summed E-state index contributed by atoms with van der Waals surface area (Å²) in [5.41, 5.74) is 5.57. The van der Waals surface area contributed by atoms with Crippen molar-refractivity contribution >= 4 is 22.4 Å². The van der Waals surface area contributed by atoms with Gasteiger partial charge in [-0.05, 0) is 18.5 Å². The van der Waals surface area contributed by atoms with Gasteiger partial charge in [-0.3, -0.25) is 0 Å². The molecule has 0 aliphatic rings. The van der Waals surface area contributed by atoms with Gasteiger partial charge in [0.1, 0.15) is 6.61 Å². The van der Waals surface area contributed by atoms with E-state index in [4.69, 9.17) is 10.5 Å². The van der Waals surface area contributed by atoms with Gasteiger partial charge in [-0.1, -0.05) is 0 Å². The van der Waals surface area contributed by atoms with Crippen molar-refractivity contribution in [2.75, 3.05) is 37.4 Å². The molecule has 0 fully saturated rings. The third kappa shape index (κ3) is 4.96. The van der Waals surface area contributed by atoms with Gasteiger partial charge >= 0.3 is 6.18 Å². The molecule has 5 nitrogen and oxygen atoms in total. The minimum absolute atomic E-state index is 0.0666. The molecule has 9 heteroatoms. The summed E-state index contributed by atoms with van der Waals surface area (Å²) in [6, 6.07) is 0. The van der Waals surface area contributed by atoms with Crippen molar-refractivity contribution in [1.82, 2.24) is 4.37 Å². The van der Waals surface area contributed by atoms with E-state index in [0.29, 0.717) is 17.4 Å². The zero-order valence-corrected chi connectivity index (χ0v) is 10.5. The van der Waals surface area contributed by atoms with Crippen LogP contribution in [0.15, 0.2) is 0 Å². The van der Waals surface area contributed by atoms with Gasteiger partial charge in [0.15, 0.2) is 16.6 Å². The molecule has 1 rings (SSSR count). The van der Waals surface area contributed by atoms with Crippen molar-refractivity contribution < 1.29 is 22.6 Å². The standard InChI is InChI=1S/C9H14F3N3O2S/c1-2-17-6-7(13)15-18-8(6)14-3-4-16-5-9(10,11)12/h14H,2-5H2,1H3,(H2,13,15). The minimum Gasteiger partial charge on any atom is -0.487 e. The van der Waals surface area contributed by atoms with E-state index in [-0.39, 0.29) is 19.0 Å². The van der Waals surface area contributed by atoms with Crippen LogP contribution in [0, 0.1) is 0 Å². The number of hydrogen-bond acceptors (Lipinski definition) is 6. The zero-order valence-electron chi connectivity index (χ0n) is 9.71. The predicted molar refractivity (Wildman–Crippen MR) is 63.1 cm³/mol. The monoisotopic (exact) mass is 285 g/mol. The average Bonchev–Trinajstić information content (AvgIpc) is 2.60. The molecule has 0 saturated carbocycles. The van der Waals surface area contributed by atoms with Crippen LogP contribution in [-0.4, -0.2) is 36.9 Å². The number of ether oxygens (including phenoxy) is 2. The minimum atomic E-state index is -4.30. The molecular formula is C9H14F3N3O2S. The van der Waals surface area contributed by atoms with E-state index in [2.05, 4.69) is 14.4 Å². The fourth-order valence-corrected chi connectivity index (χ4v) is 1.80. The van der Waals surface area contributed by atoms with Crippen LogP contribution in [0.2, 0.25) is 0 Å². The Morgan fingerprint density at radius 1 is 1.44 bits per heavy atom. The Balaban J connectivity index is 2.31. The molecule has 3 N–H and O–H groups in total. The van der Waals surface area contributed by atoms with E-state index in [9.17, 15) is 13.2 Å². The highest BCUT2D eigenvalue weighted by atomic mass is 32.1. The van der Waals surface area contributed by atoms with Crippen LogP contribution < -0.4 is 15.8 Å². The summed E-state index contributed by atoms with van der Waals surface area (Å²) in [7, 11) is 0. The van der Waals surface area contributed by atoms with Crippen LogP contribution >= 0.6 is 11.5 Å². The van der Waals surface area contributed by atoms with E-state index in [1.165, 1.54) is 0 Å². The molecule has 0 radical (unpaired) electrons. The Bertz CT molecular complexity index is 370. The molecule has 0 amide bonds. The number of aromatic nitrogens is 1. The SMILES string of the molecule is CCOc1c(N)nsc1NCCOCC(F)(F)F. The maximum atomic E-state index is 11.8. The second kappa shape index (κ2) is 6.64. The highest BCUT2D eigenvalue weighted by Crippen LogP contribution is 2.34. The van der Waals surface area contributed by atoms with Crippen LogP contribution in [0.3, 0.4) is 0 Å². The molecule has 0 aliphatic heterocycles. The number of alkyl halides is 3. The maximum absolute atomic E-state index is 11.8. The van der Waals surface area contributed by atoms with E-state index in [0.717, 1.165) is 11.5 Å². The highest BCUT2D eigenvalue weighted by Gasteiger charge is 2.27. The van der Waals surface area contributed by atoms with E-state index in [1.54, 1.807) is 6.92 Å². The summed E-state index contributed by atoms with van der Waals surface area (Å²) in [5, 5.41) is 3.45. The Morgan fingerprint density at radius 3 is 2.78 bits per heavy atom. The molecular weight excluding hydrogens is 271 g/mol. The van der Waals surface area contributed by atoms with Crippen molar-refractivity contribution in [3.05, 3.63) is 0 Å². The fourth-order valence-electron chi connectivity index (χ4n) is 1.12. The molecule has 0 atom stereocenters. The lowest BCUT2D eigenvalue weighted by Crippen LogP contribution is -2.20. The van der Waals surface area contributed by atoms with Crippen LogP contribution in [0.4, 0.5) is 24.0 Å². The molecule has 104 valence electrons. The summed E-state index contributed by atoms with van der Waals surface area (Å²) in [6.07, 6.45) is -4.30. The van der Waals surface area contributed by atoms with Crippen LogP contribution in [0.1, 0.15) is 6.92 Å². The number of nitrogen functional groups attached to an aromatic ring is 1. The van der Waals surface area contributed by atoms with Gasteiger partial charge in [-0.25, -0.2) is 0 Å². The lowest BCUT2D eigenvalue weighted by Gasteiger charge is -2.09. The van der Waals surface area contributed by atoms with Gasteiger partial charge in [0.2, 0.25) is 0 Å². The molecule has 0 aromatic carbocycles. The van der Waals surface area contributed by atoms with E-state index < -0.39 is 12.8 Å². The Labute approximate surface area is 106 Å². The molecule has 0 saturated heterocycles. The number of nitrogens with zero attached hydrogens (tertiary/aromatic N) is 1. The first kappa shape index (κ1) is 14.8. The predicted octanol–water partition coefficient (Wildman–Crippen LogP) is 2.11. The zero-order chi connectivity index (χ0) is 13.6. The van der Waals surface area contributed by atoms with Crippen molar-refractivity contribution in [2.45, 2.75) is 13.1 Å². The average molecular weight is 285 g/mol. The second-order valence-corrected chi connectivity index (χ2v) is 4.03. The first-order chi connectivity index (χ1) is 8.44. The second-order valence-electron chi connectivity index (χ2n) is 3.25. The Hall–Kier alpha value is -1.22. The molecule has 0 spiro atoms. The topological polar surface area (TPSA) is 69.4 Å². The van der Waals surface area contributed by atoms with Gasteiger partial charge in [0.05, 0.1) is 13.2 Å². The number of nitrogens with two attached hydrogens (primary N) is 1. The quantitative estimate of drug-likeness (QED) is 0.751. The molecule has 1 aromatic heterocycles. The molecule has 0 unspecified atom stereocenters. The van der Waals surface area contributed by atoms with Gasteiger partial charge in [-0.15, -0.1) is 0 Å². The van der Waals surface area contributed by atoms with Crippen molar-refractivity contribution in [3.63, 3.8) is 0 Å². The highest BCUT2D eigenvalue weighted by molar-refractivity contribution is 7.11. The van der Waals surface area contributed by atoms with Gasteiger partial charge in [-0.2, -0.15) is 17.5 Å². The summed E-state index contributed by atoms with van der Waals surface area (Å²) >= 11 is 1.09. The van der Waals surface area contributed by atoms with Gasteiger partial charge in [0, 0.05) is 6.54 Å². The summed E-state index contributed by atoms with van der Waals surface area (Å²) in [4.78, 5) is 0. The van der Waals surface area contributed by atoms with Gasteiger partial charge < -0.3 is 20.5 Å². The summed E-state index contributed by atoms with van der Waals surface area (Å²) in [6.45, 7) is 1.13. The lowest BCUT2D eigenvalue weighted by atomic mass is 10.5. The van der Waals surface area contributed by atoms with Gasteiger partial charge in [0.25, 0.3) is 0 Å². The van der Waals surface area contributed by atoms with Crippen LogP contribution in [0.25, 0.3) is 0 Å². The maximum Gasteiger partial charge on any atom is 0.411 e. The number of nitrogens with one attached hydrogen (secondary N) is 1. The summed E-state index contributed by atoms with van der Waals surface area (Å²) < 4.78 is 48.9. The molecule has 0 bridgehead atoms. The Morgan fingerprint density at radius 2 is 2.17 bits per heavy atom. The van der Waals surface area contributed by atoms with Crippen molar-refractivity contribution in [3.8, 4) is 5.75 Å². The lowest BCUT2D eigenvalue weighted by molar-refractivity contribution is -0.172. The van der Waals surface area contributed by atoms with E-state index in [1.807, 2.05) is 0 Å². The number of hydrogen-bond donors (Lipinski definition) is 2. The first-order valence-corrected chi connectivity index (χ1v) is 5.97. The van der Waals surface area contributed by atoms with Crippen LogP contribution in [-0.2, 0) is 4.74 Å². The number of anilines is 2. The van der Waals surface area contributed by atoms with Crippen LogP contribution in [0.5, 0.6) is 5.75 Å². The molecule has 1 aromatic rings. The molecule has 18 heavy (non-hydrogen) atoms. The third-order valence-corrected chi connectivity index (χ3v) is 2.56. The summed E-state index contributed by atoms with van der Waals surface area (Å²) in [5.74, 6) is 0.693. The third-order valence-electron chi connectivity index (χ3n) is 1.76. The molecule has 0 aliphatic carbocycles. The fraction of sp³-hybridized carbons (Fsp3) is 0.667. The largest absolute Gasteiger partial charge is 0.487 e. The van der Waals surface area contributed by atoms with E-state index >= 15 is 0 Å². The normalized spacial score (nSPS) is 11.6. The van der Waals surface area contributed by atoms with Crippen molar-refractivity contribution in [2.24, 2.45) is 0 Å². The smallest absolute Gasteiger partial charge is 0.411 e. The number of halogens is 3. The Kier molecular flexibility index (Phi) is 5.48.